The zero-order valence-corrected chi connectivity index (χ0v) is 15.2. The number of aryl methyl sites for hydroxylation is 1. The van der Waals surface area contributed by atoms with Crippen LogP contribution in [0.3, 0.4) is 0 Å². The van der Waals surface area contributed by atoms with Crippen LogP contribution in [0.5, 0.6) is 0 Å². The van der Waals surface area contributed by atoms with Gasteiger partial charge in [-0.3, -0.25) is 4.90 Å². The van der Waals surface area contributed by atoms with E-state index in [4.69, 9.17) is 4.42 Å². The molecule has 3 rings (SSSR count). The maximum absolute atomic E-state index is 5.64. The van der Waals surface area contributed by atoms with E-state index < -0.39 is 0 Å². The lowest BCUT2D eigenvalue weighted by molar-refractivity contribution is 0.226. The number of oxazole rings is 1. The van der Waals surface area contributed by atoms with E-state index in [9.17, 15) is 0 Å². The minimum absolute atomic E-state index is 0.0370. The lowest BCUT2D eigenvalue weighted by atomic mass is 9.93. The van der Waals surface area contributed by atoms with E-state index in [0.717, 1.165) is 61.7 Å². The molecule has 1 aliphatic rings. The number of hydrogen-bond donors (Lipinski definition) is 0. The first kappa shape index (κ1) is 16.4. The predicted octanol–water partition coefficient (Wildman–Crippen LogP) is 2.71. The number of rotatable bonds is 4. The van der Waals surface area contributed by atoms with Gasteiger partial charge in [-0.25, -0.2) is 9.97 Å². The second-order valence-electron chi connectivity index (χ2n) is 6.99. The highest BCUT2D eigenvalue weighted by Crippen LogP contribution is 2.23. The van der Waals surface area contributed by atoms with Crippen LogP contribution >= 0.6 is 11.5 Å². The molecule has 126 valence electrons. The summed E-state index contributed by atoms with van der Waals surface area (Å²) < 4.78 is 10.0. The Morgan fingerprint density at radius 3 is 2.48 bits per heavy atom. The molecule has 1 fully saturated rings. The van der Waals surface area contributed by atoms with Gasteiger partial charge in [0.25, 0.3) is 0 Å². The van der Waals surface area contributed by atoms with Crippen molar-refractivity contribution in [2.45, 2.75) is 46.1 Å². The first-order valence-corrected chi connectivity index (χ1v) is 8.98. The molecule has 0 bridgehead atoms. The molecular formula is C16H25N5OS. The van der Waals surface area contributed by atoms with Gasteiger partial charge in [-0.1, -0.05) is 27.7 Å². The van der Waals surface area contributed by atoms with Crippen LogP contribution in [-0.4, -0.2) is 45.4 Å². The lowest BCUT2D eigenvalue weighted by Crippen LogP contribution is -2.46. The monoisotopic (exact) mass is 335 g/mol. The Kier molecular flexibility index (Phi) is 4.68. The number of anilines is 1. The van der Waals surface area contributed by atoms with Crippen LogP contribution in [-0.2, 0) is 18.4 Å². The van der Waals surface area contributed by atoms with E-state index in [1.54, 1.807) is 6.26 Å². The van der Waals surface area contributed by atoms with E-state index in [0.29, 0.717) is 0 Å². The maximum Gasteiger partial charge on any atom is 0.208 e. The molecule has 7 heteroatoms. The van der Waals surface area contributed by atoms with Crippen LogP contribution in [0.25, 0.3) is 0 Å². The van der Waals surface area contributed by atoms with Gasteiger partial charge in [0.05, 0.1) is 12.2 Å². The number of aromatic nitrogens is 3. The first-order chi connectivity index (χ1) is 11.0. The maximum atomic E-state index is 5.64. The van der Waals surface area contributed by atoms with Gasteiger partial charge < -0.3 is 9.32 Å². The van der Waals surface area contributed by atoms with Crippen molar-refractivity contribution in [3.63, 3.8) is 0 Å². The Morgan fingerprint density at radius 1 is 1.17 bits per heavy atom. The van der Waals surface area contributed by atoms with Crippen molar-refractivity contribution in [1.82, 2.24) is 19.2 Å². The van der Waals surface area contributed by atoms with E-state index in [1.165, 1.54) is 11.5 Å². The number of hydrogen-bond acceptors (Lipinski definition) is 7. The van der Waals surface area contributed by atoms with Gasteiger partial charge in [0.15, 0.2) is 0 Å². The number of nitrogens with zero attached hydrogens (tertiary/aromatic N) is 5. The predicted molar refractivity (Wildman–Crippen MR) is 92.0 cm³/mol. The SMILES string of the molecule is CCc1nsc(N2CCN(Cc3nc(C(C)(C)C)co3)CC2)n1. The second-order valence-corrected chi connectivity index (χ2v) is 7.72. The third-order valence-corrected chi connectivity index (χ3v) is 4.91. The zero-order valence-electron chi connectivity index (χ0n) is 14.4. The summed E-state index contributed by atoms with van der Waals surface area (Å²) in [5.74, 6) is 1.76. The zero-order chi connectivity index (χ0) is 16.4. The summed E-state index contributed by atoms with van der Waals surface area (Å²) in [6.45, 7) is 13.3. The molecule has 0 atom stereocenters. The highest BCUT2D eigenvalue weighted by atomic mass is 32.1. The normalized spacial score (nSPS) is 17.0. The topological polar surface area (TPSA) is 58.3 Å². The van der Waals surface area contributed by atoms with Crippen LogP contribution < -0.4 is 4.90 Å². The Morgan fingerprint density at radius 2 is 1.91 bits per heavy atom. The van der Waals surface area contributed by atoms with Crippen molar-refractivity contribution in [2.75, 3.05) is 31.1 Å². The van der Waals surface area contributed by atoms with E-state index >= 15 is 0 Å². The Labute approximate surface area is 141 Å². The van der Waals surface area contributed by atoms with Crippen LogP contribution in [0.4, 0.5) is 5.13 Å². The fourth-order valence-electron chi connectivity index (χ4n) is 2.53. The molecule has 0 unspecified atom stereocenters. The molecule has 6 nitrogen and oxygen atoms in total. The molecule has 1 saturated heterocycles. The van der Waals surface area contributed by atoms with Gasteiger partial charge in [-0.05, 0) is 0 Å². The Hall–Kier alpha value is -1.47. The van der Waals surface area contributed by atoms with E-state index in [1.807, 2.05) is 0 Å². The summed E-state index contributed by atoms with van der Waals surface area (Å²) in [4.78, 5) is 13.9. The van der Waals surface area contributed by atoms with Gasteiger partial charge in [0, 0.05) is 49.5 Å². The molecular weight excluding hydrogens is 310 g/mol. The summed E-state index contributed by atoms with van der Waals surface area (Å²) in [6.07, 6.45) is 2.69. The summed E-state index contributed by atoms with van der Waals surface area (Å²) in [6, 6.07) is 0. The Balaban J connectivity index is 1.54. The molecule has 0 amide bonds. The fourth-order valence-corrected chi connectivity index (χ4v) is 3.33. The molecule has 0 saturated carbocycles. The molecule has 2 aromatic heterocycles. The molecule has 0 radical (unpaired) electrons. The van der Waals surface area contributed by atoms with Crippen LogP contribution in [0, 0.1) is 0 Å². The molecule has 2 aromatic rings. The lowest BCUT2D eigenvalue weighted by Gasteiger charge is -2.33. The van der Waals surface area contributed by atoms with Crippen molar-refractivity contribution in [2.24, 2.45) is 0 Å². The summed E-state index contributed by atoms with van der Waals surface area (Å²) in [5, 5.41) is 1.05. The molecule has 3 heterocycles. The highest BCUT2D eigenvalue weighted by Gasteiger charge is 2.23. The molecule has 1 aliphatic heterocycles. The molecule has 0 aromatic carbocycles. The fraction of sp³-hybridized carbons (Fsp3) is 0.688. The van der Waals surface area contributed by atoms with Gasteiger partial charge in [0.1, 0.15) is 12.1 Å². The van der Waals surface area contributed by atoms with Crippen molar-refractivity contribution in [3.05, 3.63) is 23.7 Å². The van der Waals surface area contributed by atoms with Crippen molar-refractivity contribution in [3.8, 4) is 0 Å². The highest BCUT2D eigenvalue weighted by molar-refractivity contribution is 7.09. The quantitative estimate of drug-likeness (QED) is 0.856. The van der Waals surface area contributed by atoms with Crippen LogP contribution in [0.15, 0.2) is 10.7 Å². The first-order valence-electron chi connectivity index (χ1n) is 8.20. The third-order valence-electron chi connectivity index (χ3n) is 4.10. The summed E-state index contributed by atoms with van der Waals surface area (Å²) in [5.41, 5.74) is 1.06. The van der Waals surface area contributed by atoms with Gasteiger partial charge in [-0.15, -0.1) is 0 Å². The third kappa shape index (κ3) is 3.90. The average molecular weight is 335 g/mol. The van der Waals surface area contributed by atoms with Crippen LogP contribution in [0.2, 0.25) is 0 Å². The van der Waals surface area contributed by atoms with E-state index in [-0.39, 0.29) is 5.41 Å². The van der Waals surface area contributed by atoms with Gasteiger partial charge in [0.2, 0.25) is 11.0 Å². The van der Waals surface area contributed by atoms with Gasteiger partial charge >= 0.3 is 0 Å². The molecule has 0 spiro atoms. The summed E-state index contributed by atoms with van der Waals surface area (Å²) >= 11 is 1.51. The van der Waals surface area contributed by atoms with E-state index in [2.05, 4.69) is 51.8 Å². The van der Waals surface area contributed by atoms with Crippen molar-refractivity contribution >= 4 is 16.7 Å². The number of piperazine rings is 1. The smallest absolute Gasteiger partial charge is 0.208 e. The standard InChI is InChI=1S/C16H25N5OS/c1-5-13-18-15(23-19-13)21-8-6-20(7-9-21)10-14-17-12(11-22-14)16(2,3)4/h11H,5-10H2,1-4H3. The van der Waals surface area contributed by atoms with Crippen molar-refractivity contribution < 1.29 is 4.42 Å². The Bertz CT molecular complexity index is 637. The molecule has 0 N–H and O–H groups in total. The molecule has 0 aliphatic carbocycles. The second kappa shape index (κ2) is 6.57. The van der Waals surface area contributed by atoms with Gasteiger partial charge in [-0.2, -0.15) is 4.37 Å². The minimum Gasteiger partial charge on any atom is -0.447 e. The molecule has 23 heavy (non-hydrogen) atoms. The minimum atomic E-state index is 0.0370. The van der Waals surface area contributed by atoms with Crippen molar-refractivity contribution in [1.29, 1.82) is 0 Å². The average Bonchev–Trinajstić information content (AvgIpc) is 3.16. The largest absolute Gasteiger partial charge is 0.447 e. The van der Waals surface area contributed by atoms with Crippen LogP contribution in [0.1, 0.15) is 45.1 Å². The summed E-state index contributed by atoms with van der Waals surface area (Å²) in [7, 11) is 0.